The molecule has 0 amide bonds. The van der Waals surface area contributed by atoms with Crippen LogP contribution in [0.2, 0.25) is 18.1 Å². The topological polar surface area (TPSA) is 21.6 Å². The summed E-state index contributed by atoms with van der Waals surface area (Å²) in [5.41, 5.74) is 2.81. The maximum atomic E-state index is 6.20. The molecule has 0 N–H and O–H groups in total. The van der Waals surface area contributed by atoms with Crippen molar-refractivity contribution in [2.45, 2.75) is 71.5 Å². The zero-order chi connectivity index (χ0) is 14.5. The van der Waals surface area contributed by atoms with Gasteiger partial charge in [0.2, 0.25) is 0 Å². The van der Waals surface area contributed by atoms with E-state index in [2.05, 4.69) is 51.9 Å². The molecule has 0 unspecified atom stereocenters. The van der Waals surface area contributed by atoms with E-state index >= 15 is 0 Å². The van der Waals surface area contributed by atoms with Crippen LogP contribution in [0.15, 0.2) is 16.6 Å². The van der Waals surface area contributed by atoms with Crippen LogP contribution < -0.4 is 0 Å². The van der Waals surface area contributed by atoms with Gasteiger partial charge < -0.3 is 4.43 Å². The minimum Gasteiger partial charge on any atom is -0.417 e. The van der Waals surface area contributed by atoms with Crippen LogP contribution in [0.5, 0.6) is 0 Å². The van der Waals surface area contributed by atoms with E-state index in [1.165, 1.54) is 17.7 Å². The summed E-state index contributed by atoms with van der Waals surface area (Å²) in [7, 11) is -1.55. The first-order chi connectivity index (χ1) is 8.78. The first-order valence-electron chi connectivity index (χ1n) is 7.61. The SMILES string of the molecule is C/C=C1/CCN=C1CCCCO[Si](C)(C)C(C)(C)C. The summed E-state index contributed by atoms with van der Waals surface area (Å²) in [5, 5.41) is 0.320. The zero-order valence-corrected chi connectivity index (χ0v) is 14.7. The molecule has 1 aliphatic heterocycles. The molecule has 0 atom stereocenters. The van der Waals surface area contributed by atoms with E-state index in [4.69, 9.17) is 4.43 Å². The van der Waals surface area contributed by atoms with Gasteiger partial charge in [0.25, 0.3) is 0 Å². The van der Waals surface area contributed by atoms with E-state index in [1.54, 1.807) is 0 Å². The highest BCUT2D eigenvalue weighted by molar-refractivity contribution is 6.74. The number of allylic oxidation sites excluding steroid dienone is 1. The van der Waals surface area contributed by atoms with Crippen LogP contribution in [-0.2, 0) is 4.43 Å². The molecule has 0 spiro atoms. The molecule has 1 rings (SSSR count). The van der Waals surface area contributed by atoms with Gasteiger partial charge >= 0.3 is 0 Å². The second-order valence-corrected chi connectivity index (χ2v) is 11.8. The second kappa shape index (κ2) is 6.85. The van der Waals surface area contributed by atoms with Crippen molar-refractivity contribution >= 4 is 14.0 Å². The van der Waals surface area contributed by atoms with E-state index < -0.39 is 8.32 Å². The van der Waals surface area contributed by atoms with Crippen LogP contribution in [0.25, 0.3) is 0 Å². The summed E-state index contributed by atoms with van der Waals surface area (Å²) < 4.78 is 6.20. The smallest absolute Gasteiger partial charge is 0.191 e. The van der Waals surface area contributed by atoms with Gasteiger partial charge in [-0.3, -0.25) is 4.99 Å². The highest BCUT2D eigenvalue weighted by Crippen LogP contribution is 2.36. The van der Waals surface area contributed by atoms with Gasteiger partial charge in [0, 0.05) is 18.9 Å². The van der Waals surface area contributed by atoms with Crippen LogP contribution in [0.3, 0.4) is 0 Å². The standard InChI is InChI=1S/C16H31NOSi/c1-7-14-11-12-17-15(14)10-8-9-13-18-19(5,6)16(2,3)4/h7H,8-13H2,1-6H3/b14-7-. The summed E-state index contributed by atoms with van der Waals surface area (Å²) in [4.78, 5) is 4.59. The Bertz CT molecular complexity index is 350. The minimum absolute atomic E-state index is 0.320. The summed E-state index contributed by atoms with van der Waals surface area (Å²) in [6.45, 7) is 15.6. The third kappa shape index (κ3) is 4.88. The highest BCUT2D eigenvalue weighted by Gasteiger charge is 2.36. The van der Waals surface area contributed by atoms with Gasteiger partial charge in [-0.2, -0.15) is 0 Å². The molecule has 0 aromatic heterocycles. The lowest BCUT2D eigenvalue weighted by molar-refractivity contribution is 0.280. The number of aliphatic imine (C=N–C) groups is 1. The summed E-state index contributed by atoms with van der Waals surface area (Å²) in [5.74, 6) is 0. The predicted octanol–water partition coefficient (Wildman–Crippen LogP) is 4.97. The quantitative estimate of drug-likeness (QED) is 0.497. The van der Waals surface area contributed by atoms with Crippen molar-refractivity contribution in [3.8, 4) is 0 Å². The minimum atomic E-state index is -1.55. The molecule has 0 aliphatic carbocycles. The number of unbranched alkanes of at least 4 members (excludes halogenated alkanes) is 1. The first kappa shape index (κ1) is 16.6. The molecule has 110 valence electrons. The van der Waals surface area contributed by atoms with E-state index in [1.807, 2.05) is 0 Å². The fraction of sp³-hybridized carbons (Fsp3) is 0.812. The Kier molecular flexibility index (Phi) is 6.00. The predicted molar refractivity (Wildman–Crippen MR) is 87.7 cm³/mol. The van der Waals surface area contributed by atoms with Gasteiger partial charge in [0.1, 0.15) is 0 Å². The van der Waals surface area contributed by atoms with Crippen LogP contribution >= 0.6 is 0 Å². The normalized spacial score (nSPS) is 19.1. The van der Waals surface area contributed by atoms with Gasteiger partial charge in [-0.05, 0) is 56.3 Å². The Labute approximate surface area is 120 Å². The molecule has 0 saturated carbocycles. The fourth-order valence-electron chi connectivity index (χ4n) is 2.05. The number of nitrogens with zero attached hydrogens (tertiary/aromatic N) is 1. The van der Waals surface area contributed by atoms with Gasteiger partial charge in [-0.25, -0.2) is 0 Å². The van der Waals surface area contributed by atoms with Crippen molar-refractivity contribution in [2.24, 2.45) is 4.99 Å². The van der Waals surface area contributed by atoms with Gasteiger partial charge in [-0.15, -0.1) is 0 Å². The van der Waals surface area contributed by atoms with Crippen LogP contribution in [0.1, 0.15) is 53.4 Å². The molecular formula is C16H31NOSi. The van der Waals surface area contributed by atoms with Crippen molar-refractivity contribution in [2.75, 3.05) is 13.2 Å². The fourth-order valence-corrected chi connectivity index (χ4v) is 3.13. The van der Waals surface area contributed by atoms with Crippen molar-refractivity contribution in [3.05, 3.63) is 11.6 Å². The van der Waals surface area contributed by atoms with Crippen LogP contribution in [0, 0.1) is 0 Å². The highest BCUT2D eigenvalue weighted by atomic mass is 28.4. The molecule has 3 heteroatoms. The van der Waals surface area contributed by atoms with E-state index in [0.717, 1.165) is 32.4 Å². The van der Waals surface area contributed by atoms with Crippen molar-refractivity contribution in [3.63, 3.8) is 0 Å². The Morgan fingerprint density at radius 3 is 2.53 bits per heavy atom. The molecule has 1 heterocycles. The Morgan fingerprint density at radius 1 is 1.26 bits per heavy atom. The summed E-state index contributed by atoms with van der Waals surface area (Å²) >= 11 is 0. The van der Waals surface area contributed by atoms with E-state index in [0.29, 0.717) is 5.04 Å². The van der Waals surface area contributed by atoms with Gasteiger partial charge in [-0.1, -0.05) is 26.8 Å². The van der Waals surface area contributed by atoms with Crippen LogP contribution in [0.4, 0.5) is 0 Å². The average molecular weight is 282 g/mol. The number of hydrogen-bond donors (Lipinski definition) is 0. The van der Waals surface area contributed by atoms with Crippen LogP contribution in [-0.4, -0.2) is 27.2 Å². The molecule has 0 radical (unpaired) electrons. The molecule has 2 nitrogen and oxygen atoms in total. The first-order valence-corrected chi connectivity index (χ1v) is 10.5. The van der Waals surface area contributed by atoms with Crippen molar-refractivity contribution in [1.29, 1.82) is 0 Å². The lowest BCUT2D eigenvalue weighted by Gasteiger charge is -2.36. The summed E-state index contributed by atoms with van der Waals surface area (Å²) in [6, 6.07) is 0. The molecule has 19 heavy (non-hydrogen) atoms. The molecule has 0 bridgehead atoms. The lowest BCUT2D eigenvalue weighted by Crippen LogP contribution is -2.40. The largest absolute Gasteiger partial charge is 0.417 e. The molecule has 0 saturated heterocycles. The Morgan fingerprint density at radius 2 is 1.95 bits per heavy atom. The third-order valence-electron chi connectivity index (χ3n) is 4.48. The second-order valence-electron chi connectivity index (χ2n) is 6.96. The molecule has 1 aliphatic rings. The van der Waals surface area contributed by atoms with E-state index in [9.17, 15) is 0 Å². The van der Waals surface area contributed by atoms with Crippen molar-refractivity contribution < 1.29 is 4.43 Å². The number of hydrogen-bond acceptors (Lipinski definition) is 2. The maximum Gasteiger partial charge on any atom is 0.191 e. The molecule has 0 fully saturated rings. The Balaban J connectivity index is 2.22. The summed E-state index contributed by atoms with van der Waals surface area (Å²) in [6.07, 6.45) is 6.85. The van der Waals surface area contributed by atoms with Gasteiger partial charge in [0.15, 0.2) is 8.32 Å². The van der Waals surface area contributed by atoms with Crippen molar-refractivity contribution in [1.82, 2.24) is 0 Å². The maximum absolute atomic E-state index is 6.20. The Hall–Kier alpha value is -0.413. The average Bonchev–Trinajstić information content (AvgIpc) is 2.74. The molecule has 0 aromatic rings. The van der Waals surface area contributed by atoms with Gasteiger partial charge in [0.05, 0.1) is 0 Å². The number of rotatable bonds is 6. The van der Waals surface area contributed by atoms with E-state index in [-0.39, 0.29) is 0 Å². The lowest BCUT2D eigenvalue weighted by atomic mass is 10.0. The zero-order valence-electron chi connectivity index (χ0n) is 13.7. The molecular weight excluding hydrogens is 250 g/mol. The monoisotopic (exact) mass is 281 g/mol. The molecule has 0 aromatic carbocycles. The third-order valence-corrected chi connectivity index (χ3v) is 9.02.